The van der Waals surface area contributed by atoms with Crippen LogP contribution in [0.5, 0.6) is 11.5 Å². The molecule has 3 aliphatic rings. The average molecular weight is 439 g/mol. The number of carbonyl (C=O) groups is 2. The Hall–Kier alpha value is -2.26. The molecule has 0 aliphatic carbocycles. The van der Waals surface area contributed by atoms with E-state index >= 15 is 0 Å². The molecular weight excluding hydrogens is 420 g/mol. The Morgan fingerprint density at radius 2 is 2.11 bits per heavy atom. The molecule has 3 atom stereocenters. The Bertz CT molecular complexity index is 792. The zero-order chi connectivity index (χ0) is 19.0. The molecular formula is C18H19BrN2O6. The Kier molecular flexibility index (Phi) is 4.96. The summed E-state index contributed by atoms with van der Waals surface area (Å²) in [6.07, 6.45) is 1.75. The average Bonchev–Trinajstić information content (AvgIpc) is 3.29. The van der Waals surface area contributed by atoms with Crippen molar-refractivity contribution in [3.8, 4) is 11.5 Å². The van der Waals surface area contributed by atoms with Crippen LogP contribution in [0.4, 0.5) is 4.79 Å². The van der Waals surface area contributed by atoms with E-state index in [2.05, 4.69) is 33.1 Å². The van der Waals surface area contributed by atoms with Gasteiger partial charge in [0, 0.05) is 16.8 Å². The third kappa shape index (κ3) is 3.61. The lowest BCUT2D eigenvalue weighted by Crippen LogP contribution is -2.51. The van der Waals surface area contributed by atoms with E-state index in [1.54, 1.807) is 12.1 Å². The molecule has 8 nitrogen and oxygen atoms in total. The number of hydrogen-bond donors (Lipinski definition) is 2. The summed E-state index contributed by atoms with van der Waals surface area (Å²) >= 11 is 3.49. The van der Waals surface area contributed by atoms with Crippen LogP contribution in [-0.4, -0.2) is 38.1 Å². The van der Waals surface area contributed by atoms with Gasteiger partial charge in [0.25, 0.3) is 0 Å². The maximum atomic E-state index is 12.8. The van der Waals surface area contributed by atoms with Gasteiger partial charge in [-0.3, -0.25) is 4.79 Å². The lowest BCUT2D eigenvalue weighted by molar-refractivity contribution is -0.151. The van der Waals surface area contributed by atoms with Crippen molar-refractivity contribution in [1.29, 1.82) is 0 Å². The molecule has 2 saturated heterocycles. The first-order chi connectivity index (χ1) is 13.0. The van der Waals surface area contributed by atoms with E-state index in [9.17, 15) is 9.59 Å². The maximum Gasteiger partial charge on any atom is 0.319 e. The smallest absolute Gasteiger partial charge is 0.319 e. The molecule has 2 N–H and O–H groups in total. The number of halogens is 1. The summed E-state index contributed by atoms with van der Waals surface area (Å²) in [6, 6.07) is 2.41. The predicted molar refractivity (Wildman–Crippen MR) is 97.2 cm³/mol. The molecule has 3 unspecified atom stereocenters. The zero-order valence-corrected chi connectivity index (χ0v) is 16.0. The Morgan fingerprint density at radius 1 is 1.33 bits per heavy atom. The standard InChI is InChI=1S/C18H19BrN2O6/c1-9-15(17(22)25-7-10-3-2-4-24-10)16(21-18(23)20-9)11-5-13-14(6-12(11)19)27-8-26-13/h5-6,10,15-16H,1-4,7-8H2,(H2,20,21,23). The van der Waals surface area contributed by atoms with Gasteiger partial charge in [0.05, 0.1) is 12.1 Å². The normalized spacial score (nSPS) is 26.5. The van der Waals surface area contributed by atoms with E-state index in [4.69, 9.17) is 18.9 Å². The summed E-state index contributed by atoms with van der Waals surface area (Å²) < 4.78 is 22.4. The number of esters is 1. The summed E-state index contributed by atoms with van der Waals surface area (Å²) in [7, 11) is 0. The van der Waals surface area contributed by atoms with Crippen LogP contribution < -0.4 is 20.1 Å². The van der Waals surface area contributed by atoms with E-state index in [1.807, 2.05) is 0 Å². The Labute approximate surface area is 164 Å². The molecule has 1 aromatic rings. The highest BCUT2D eigenvalue weighted by Crippen LogP contribution is 2.42. The van der Waals surface area contributed by atoms with E-state index in [-0.39, 0.29) is 25.2 Å². The quantitative estimate of drug-likeness (QED) is 0.700. The zero-order valence-electron chi connectivity index (χ0n) is 14.5. The second kappa shape index (κ2) is 7.40. The van der Waals surface area contributed by atoms with Crippen molar-refractivity contribution < 1.29 is 28.5 Å². The highest BCUT2D eigenvalue weighted by Gasteiger charge is 2.40. The van der Waals surface area contributed by atoms with Gasteiger partial charge in [0.2, 0.25) is 6.79 Å². The first-order valence-corrected chi connectivity index (χ1v) is 9.46. The fraction of sp³-hybridized carbons (Fsp3) is 0.444. The number of ether oxygens (including phenoxy) is 4. The Balaban J connectivity index is 1.59. The number of fused-ring (bicyclic) bond motifs is 1. The SMILES string of the molecule is C=C1NC(=O)NC(c2cc3c(cc2Br)OCO3)C1C(=O)OCC1CCCO1. The van der Waals surface area contributed by atoms with Gasteiger partial charge in [-0.25, -0.2) is 4.79 Å². The second-order valence-corrected chi connectivity index (χ2v) is 7.43. The first-order valence-electron chi connectivity index (χ1n) is 8.66. The summed E-state index contributed by atoms with van der Waals surface area (Å²) in [6.45, 7) is 4.85. The molecule has 0 radical (unpaired) electrons. The molecule has 2 fully saturated rings. The van der Waals surface area contributed by atoms with Crippen LogP contribution in [0.25, 0.3) is 0 Å². The van der Waals surface area contributed by atoms with Crippen LogP contribution in [0.15, 0.2) is 28.9 Å². The van der Waals surface area contributed by atoms with Gasteiger partial charge in [0.15, 0.2) is 11.5 Å². The van der Waals surface area contributed by atoms with E-state index < -0.39 is 24.0 Å². The lowest BCUT2D eigenvalue weighted by atomic mass is 9.89. The van der Waals surface area contributed by atoms with Gasteiger partial charge < -0.3 is 29.6 Å². The van der Waals surface area contributed by atoms with Gasteiger partial charge in [-0.05, 0) is 30.5 Å². The third-order valence-corrected chi connectivity index (χ3v) is 5.47. The lowest BCUT2D eigenvalue weighted by Gasteiger charge is -2.34. The van der Waals surface area contributed by atoms with Gasteiger partial charge in [0.1, 0.15) is 12.5 Å². The van der Waals surface area contributed by atoms with Crippen LogP contribution >= 0.6 is 15.9 Å². The molecule has 0 spiro atoms. The monoisotopic (exact) mass is 438 g/mol. The number of urea groups is 1. The molecule has 2 amide bonds. The molecule has 3 heterocycles. The van der Waals surface area contributed by atoms with Gasteiger partial charge in [-0.15, -0.1) is 0 Å². The second-order valence-electron chi connectivity index (χ2n) is 6.57. The number of carbonyl (C=O) groups excluding carboxylic acids is 2. The third-order valence-electron chi connectivity index (χ3n) is 4.79. The minimum Gasteiger partial charge on any atom is -0.462 e. The fourth-order valence-electron chi connectivity index (χ4n) is 3.43. The van der Waals surface area contributed by atoms with Crippen LogP contribution in [0.1, 0.15) is 24.4 Å². The maximum absolute atomic E-state index is 12.8. The van der Waals surface area contributed by atoms with Crippen molar-refractivity contribution in [2.24, 2.45) is 5.92 Å². The predicted octanol–water partition coefficient (Wildman–Crippen LogP) is 2.38. The molecule has 1 aromatic carbocycles. The van der Waals surface area contributed by atoms with E-state index in [0.717, 1.165) is 12.8 Å². The van der Waals surface area contributed by atoms with Crippen molar-refractivity contribution in [3.05, 3.63) is 34.4 Å². The highest BCUT2D eigenvalue weighted by molar-refractivity contribution is 9.10. The van der Waals surface area contributed by atoms with Crippen molar-refractivity contribution in [2.75, 3.05) is 20.0 Å². The number of benzene rings is 1. The summed E-state index contributed by atoms with van der Waals surface area (Å²) in [4.78, 5) is 24.8. The van der Waals surface area contributed by atoms with Gasteiger partial charge >= 0.3 is 12.0 Å². The summed E-state index contributed by atoms with van der Waals surface area (Å²) in [5.41, 5.74) is 0.958. The van der Waals surface area contributed by atoms with Gasteiger partial charge in [-0.1, -0.05) is 22.5 Å². The number of amides is 2. The Morgan fingerprint density at radius 3 is 2.85 bits per heavy atom. The fourth-order valence-corrected chi connectivity index (χ4v) is 4.00. The topological polar surface area (TPSA) is 95.1 Å². The molecule has 0 bridgehead atoms. The molecule has 144 valence electrons. The van der Waals surface area contributed by atoms with Crippen molar-refractivity contribution in [1.82, 2.24) is 10.6 Å². The first kappa shape index (κ1) is 18.1. The van der Waals surface area contributed by atoms with Crippen LogP contribution in [-0.2, 0) is 14.3 Å². The summed E-state index contributed by atoms with van der Waals surface area (Å²) in [5.74, 6) is -0.112. The summed E-state index contributed by atoms with van der Waals surface area (Å²) in [5, 5.41) is 5.35. The molecule has 27 heavy (non-hydrogen) atoms. The molecule has 0 saturated carbocycles. The molecule has 3 aliphatic heterocycles. The number of hydrogen-bond acceptors (Lipinski definition) is 6. The molecule has 9 heteroatoms. The van der Waals surface area contributed by atoms with Crippen molar-refractivity contribution in [2.45, 2.75) is 25.0 Å². The largest absolute Gasteiger partial charge is 0.462 e. The van der Waals surface area contributed by atoms with Crippen molar-refractivity contribution in [3.63, 3.8) is 0 Å². The number of nitrogens with one attached hydrogen (secondary N) is 2. The van der Waals surface area contributed by atoms with Crippen molar-refractivity contribution >= 4 is 27.9 Å². The van der Waals surface area contributed by atoms with E-state index in [1.165, 1.54) is 0 Å². The van der Waals surface area contributed by atoms with Crippen LogP contribution in [0.2, 0.25) is 0 Å². The number of rotatable bonds is 4. The molecule has 0 aromatic heterocycles. The van der Waals surface area contributed by atoms with Crippen LogP contribution in [0.3, 0.4) is 0 Å². The minimum atomic E-state index is -0.791. The molecule has 4 rings (SSSR count). The minimum absolute atomic E-state index is 0.0796. The highest BCUT2D eigenvalue weighted by atomic mass is 79.9. The van der Waals surface area contributed by atoms with E-state index in [0.29, 0.717) is 28.1 Å². The van der Waals surface area contributed by atoms with Crippen LogP contribution in [0, 0.1) is 5.92 Å². The van der Waals surface area contributed by atoms with Gasteiger partial charge in [-0.2, -0.15) is 0 Å².